The van der Waals surface area contributed by atoms with Gasteiger partial charge in [0, 0.05) is 36.5 Å². The molecule has 10 rings (SSSR count). The largest absolute Gasteiger partial charge is 0.455 e. The molecule has 10 aromatic rings. The standard InChI is InChI=1S/C48H30OS/c1-3-13-31(14-4-1)33-17-11-18-34(25-33)36-26-35(32-15-5-2-6-16-32)27-37(28-36)43-29-38(30-46-47(43)42-20-8-10-24-45(42)50-46)39-21-12-22-41-40-19-7-9-23-44(40)49-48(39)41/h1-30H. The molecule has 0 spiro atoms. The van der Waals surface area contributed by atoms with Gasteiger partial charge in [0.1, 0.15) is 11.2 Å². The number of fused-ring (bicyclic) bond motifs is 6. The summed E-state index contributed by atoms with van der Waals surface area (Å²) >= 11 is 1.86. The second kappa shape index (κ2) is 11.7. The molecule has 0 saturated heterocycles. The van der Waals surface area contributed by atoms with Gasteiger partial charge in [-0.25, -0.2) is 0 Å². The maximum absolute atomic E-state index is 6.56. The first kappa shape index (κ1) is 28.8. The lowest BCUT2D eigenvalue weighted by atomic mass is 9.89. The lowest BCUT2D eigenvalue weighted by Gasteiger charge is -2.15. The van der Waals surface area contributed by atoms with Crippen LogP contribution in [0.1, 0.15) is 0 Å². The van der Waals surface area contributed by atoms with E-state index in [2.05, 4.69) is 176 Å². The number of furan rings is 1. The lowest BCUT2D eigenvalue weighted by Crippen LogP contribution is -1.89. The van der Waals surface area contributed by atoms with E-state index in [0.717, 1.165) is 33.1 Å². The molecule has 234 valence electrons. The van der Waals surface area contributed by atoms with Crippen molar-refractivity contribution in [1.82, 2.24) is 0 Å². The Morgan fingerprint density at radius 1 is 0.320 bits per heavy atom. The summed E-state index contributed by atoms with van der Waals surface area (Å²) in [7, 11) is 0. The summed E-state index contributed by atoms with van der Waals surface area (Å²) in [5.74, 6) is 0. The zero-order valence-electron chi connectivity index (χ0n) is 27.1. The first-order chi connectivity index (χ1) is 24.8. The van der Waals surface area contributed by atoms with Crippen LogP contribution >= 0.6 is 11.3 Å². The second-order valence-corrected chi connectivity index (χ2v) is 14.0. The zero-order chi connectivity index (χ0) is 33.0. The van der Waals surface area contributed by atoms with Crippen LogP contribution in [0.5, 0.6) is 0 Å². The molecule has 2 aromatic heterocycles. The minimum atomic E-state index is 0.913. The van der Waals surface area contributed by atoms with Gasteiger partial charge in [0.05, 0.1) is 0 Å². The van der Waals surface area contributed by atoms with Crippen molar-refractivity contribution in [3.05, 3.63) is 182 Å². The zero-order valence-corrected chi connectivity index (χ0v) is 28.0. The van der Waals surface area contributed by atoms with E-state index in [4.69, 9.17) is 4.42 Å². The molecule has 2 heterocycles. The lowest BCUT2D eigenvalue weighted by molar-refractivity contribution is 0.670. The Balaban J connectivity index is 1.25. The van der Waals surface area contributed by atoms with Crippen molar-refractivity contribution < 1.29 is 4.42 Å². The quantitative estimate of drug-likeness (QED) is 0.180. The van der Waals surface area contributed by atoms with E-state index in [1.54, 1.807) is 0 Å². The fraction of sp³-hybridized carbons (Fsp3) is 0. The van der Waals surface area contributed by atoms with Gasteiger partial charge in [0.15, 0.2) is 0 Å². The van der Waals surface area contributed by atoms with E-state index in [0.29, 0.717) is 0 Å². The number of thiophene rings is 1. The van der Waals surface area contributed by atoms with Crippen LogP contribution in [0.25, 0.3) is 97.7 Å². The highest BCUT2D eigenvalue weighted by Crippen LogP contribution is 2.46. The SMILES string of the molecule is c1ccc(-c2cccc(-c3cc(-c4ccccc4)cc(-c4cc(-c5cccc6c5oc5ccccc56)cc5sc6ccccc6c45)c3)c2)cc1. The van der Waals surface area contributed by atoms with Crippen molar-refractivity contribution in [2.45, 2.75) is 0 Å². The van der Waals surface area contributed by atoms with Crippen molar-refractivity contribution in [1.29, 1.82) is 0 Å². The van der Waals surface area contributed by atoms with Gasteiger partial charge in [-0.1, -0.05) is 133 Å². The van der Waals surface area contributed by atoms with Crippen molar-refractivity contribution >= 4 is 53.4 Å². The van der Waals surface area contributed by atoms with E-state index in [-0.39, 0.29) is 0 Å². The molecule has 0 aliphatic heterocycles. The maximum atomic E-state index is 6.56. The normalized spacial score (nSPS) is 11.6. The summed E-state index contributed by atoms with van der Waals surface area (Å²) in [6.07, 6.45) is 0. The Labute approximate surface area is 294 Å². The van der Waals surface area contributed by atoms with E-state index in [1.807, 2.05) is 17.4 Å². The first-order valence-corrected chi connectivity index (χ1v) is 17.8. The van der Waals surface area contributed by atoms with Gasteiger partial charge in [-0.2, -0.15) is 0 Å². The van der Waals surface area contributed by atoms with Crippen molar-refractivity contribution in [3.63, 3.8) is 0 Å². The Hall–Kier alpha value is -6.22. The van der Waals surface area contributed by atoms with Gasteiger partial charge >= 0.3 is 0 Å². The fourth-order valence-corrected chi connectivity index (χ4v) is 8.64. The average Bonchev–Trinajstić information content (AvgIpc) is 3.77. The summed E-state index contributed by atoms with van der Waals surface area (Å²) < 4.78 is 9.12. The Morgan fingerprint density at radius 3 is 1.66 bits per heavy atom. The molecule has 0 N–H and O–H groups in total. The predicted molar refractivity (Wildman–Crippen MR) is 214 cm³/mol. The summed E-state index contributed by atoms with van der Waals surface area (Å²) in [6.45, 7) is 0. The molecule has 0 atom stereocenters. The molecule has 0 saturated carbocycles. The van der Waals surface area contributed by atoms with Crippen LogP contribution in [0, 0.1) is 0 Å². The van der Waals surface area contributed by atoms with Crippen molar-refractivity contribution in [2.24, 2.45) is 0 Å². The van der Waals surface area contributed by atoms with E-state index >= 15 is 0 Å². The molecule has 0 aliphatic rings. The summed E-state index contributed by atoms with van der Waals surface area (Å²) in [5, 5.41) is 4.86. The molecular formula is C48H30OS. The fourth-order valence-electron chi connectivity index (χ4n) is 7.47. The molecule has 0 amide bonds. The van der Waals surface area contributed by atoms with Gasteiger partial charge < -0.3 is 4.42 Å². The van der Waals surface area contributed by atoms with Gasteiger partial charge in [-0.3, -0.25) is 0 Å². The second-order valence-electron chi connectivity index (χ2n) is 12.9. The third kappa shape index (κ3) is 4.84. The van der Waals surface area contributed by atoms with E-state index < -0.39 is 0 Å². The molecule has 1 nitrogen and oxygen atoms in total. The smallest absolute Gasteiger partial charge is 0.143 e. The molecule has 2 heteroatoms. The number of hydrogen-bond donors (Lipinski definition) is 0. The Kier molecular flexibility index (Phi) is 6.75. The van der Waals surface area contributed by atoms with Gasteiger partial charge in [-0.15, -0.1) is 11.3 Å². The maximum Gasteiger partial charge on any atom is 0.143 e. The topological polar surface area (TPSA) is 13.1 Å². The van der Waals surface area contributed by atoms with E-state index in [9.17, 15) is 0 Å². The average molecular weight is 655 g/mol. The highest BCUT2D eigenvalue weighted by atomic mass is 32.1. The molecule has 0 aliphatic carbocycles. The minimum absolute atomic E-state index is 0.913. The molecule has 50 heavy (non-hydrogen) atoms. The van der Waals surface area contributed by atoms with Gasteiger partial charge in [0.25, 0.3) is 0 Å². The van der Waals surface area contributed by atoms with Crippen molar-refractivity contribution in [3.8, 4) is 55.6 Å². The van der Waals surface area contributed by atoms with Crippen LogP contribution in [0.4, 0.5) is 0 Å². The Morgan fingerprint density at radius 2 is 0.860 bits per heavy atom. The van der Waals surface area contributed by atoms with Gasteiger partial charge in [0.2, 0.25) is 0 Å². The number of rotatable bonds is 5. The minimum Gasteiger partial charge on any atom is -0.455 e. The monoisotopic (exact) mass is 654 g/mol. The van der Waals surface area contributed by atoms with E-state index in [1.165, 1.54) is 64.7 Å². The van der Waals surface area contributed by atoms with Crippen molar-refractivity contribution in [2.75, 3.05) is 0 Å². The summed E-state index contributed by atoms with van der Waals surface area (Å²) in [6, 6.07) is 65.8. The summed E-state index contributed by atoms with van der Waals surface area (Å²) in [5.41, 5.74) is 13.7. The molecule has 0 unspecified atom stereocenters. The first-order valence-electron chi connectivity index (χ1n) is 17.0. The highest BCUT2D eigenvalue weighted by Gasteiger charge is 2.18. The predicted octanol–water partition coefficient (Wildman–Crippen LogP) is 14.3. The molecular weight excluding hydrogens is 625 g/mol. The molecule has 0 bridgehead atoms. The number of hydrogen-bond acceptors (Lipinski definition) is 2. The molecule has 0 fully saturated rings. The number of para-hydroxylation sites is 2. The van der Waals surface area contributed by atoms with Gasteiger partial charge in [-0.05, 0) is 98.6 Å². The van der Waals surface area contributed by atoms with Crippen LogP contribution in [0.2, 0.25) is 0 Å². The highest BCUT2D eigenvalue weighted by molar-refractivity contribution is 7.26. The number of benzene rings is 8. The third-order valence-electron chi connectivity index (χ3n) is 9.85. The molecule has 0 radical (unpaired) electrons. The van der Waals surface area contributed by atoms with Crippen LogP contribution in [-0.2, 0) is 0 Å². The van der Waals surface area contributed by atoms with Crippen LogP contribution in [-0.4, -0.2) is 0 Å². The van der Waals surface area contributed by atoms with Crippen LogP contribution < -0.4 is 0 Å². The van der Waals surface area contributed by atoms with Crippen LogP contribution in [0.15, 0.2) is 186 Å². The Bertz CT molecular complexity index is 2860. The van der Waals surface area contributed by atoms with Crippen LogP contribution in [0.3, 0.4) is 0 Å². The summed E-state index contributed by atoms with van der Waals surface area (Å²) in [4.78, 5) is 0. The third-order valence-corrected chi connectivity index (χ3v) is 11.0. The molecule has 8 aromatic carbocycles.